The van der Waals surface area contributed by atoms with E-state index >= 15 is 0 Å². The normalized spacial score (nSPS) is 10.1. The summed E-state index contributed by atoms with van der Waals surface area (Å²) in [4.78, 5) is 29.4. The van der Waals surface area contributed by atoms with Crippen LogP contribution in [0.5, 0.6) is 0 Å². The van der Waals surface area contributed by atoms with E-state index in [2.05, 4.69) is 9.72 Å². The number of halogens is 1. The molecule has 1 aromatic carbocycles. The average molecular weight is 302 g/mol. The lowest BCUT2D eigenvalue weighted by Crippen LogP contribution is -2.33. The van der Waals surface area contributed by atoms with Crippen molar-refractivity contribution in [2.45, 2.75) is 6.42 Å². The van der Waals surface area contributed by atoms with Crippen molar-refractivity contribution in [3.63, 3.8) is 0 Å². The Kier molecular flexibility index (Phi) is 5.19. The zero-order chi connectivity index (χ0) is 15.9. The first-order valence-corrected chi connectivity index (χ1v) is 6.67. The van der Waals surface area contributed by atoms with E-state index in [-0.39, 0.29) is 18.9 Å². The van der Waals surface area contributed by atoms with Gasteiger partial charge in [-0.05, 0) is 36.4 Å². The number of carbonyl (C=O) groups excluding carboxylic acids is 2. The number of methoxy groups -OCH3 is 1. The van der Waals surface area contributed by atoms with E-state index in [1.807, 2.05) is 0 Å². The Labute approximate surface area is 127 Å². The molecular weight excluding hydrogens is 287 g/mol. The minimum absolute atomic E-state index is 0.0417. The van der Waals surface area contributed by atoms with Crippen molar-refractivity contribution in [2.75, 3.05) is 18.6 Å². The van der Waals surface area contributed by atoms with E-state index < -0.39 is 11.8 Å². The molecule has 0 aliphatic heterocycles. The molecule has 0 saturated carbocycles. The van der Waals surface area contributed by atoms with E-state index in [1.165, 1.54) is 36.3 Å². The fourth-order valence-electron chi connectivity index (χ4n) is 1.89. The summed E-state index contributed by atoms with van der Waals surface area (Å²) in [6.07, 6.45) is 1.60. The summed E-state index contributed by atoms with van der Waals surface area (Å²) in [5.74, 6) is -0.785. The molecule has 1 aromatic heterocycles. The van der Waals surface area contributed by atoms with E-state index in [9.17, 15) is 14.0 Å². The number of benzene rings is 1. The molecule has 0 aliphatic carbocycles. The second kappa shape index (κ2) is 7.31. The molecule has 0 saturated heterocycles. The van der Waals surface area contributed by atoms with Crippen LogP contribution in [-0.2, 0) is 9.53 Å². The lowest BCUT2D eigenvalue weighted by Gasteiger charge is -2.21. The first kappa shape index (κ1) is 15.6. The van der Waals surface area contributed by atoms with Gasteiger partial charge in [-0.25, -0.2) is 9.37 Å². The smallest absolute Gasteiger partial charge is 0.307 e. The number of rotatable bonds is 5. The molecular formula is C16H15FN2O3. The van der Waals surface area contributed by atoms with Crippen LogP contribution in [0.15, 0.2) is 48.7 Å². The van der Waals surface area contributed by atoms with Gasteiger partial charge in [-0.2, -0.15) is 0 Å². The second-order valence-electron chi connectivity index (χ2n) is 4.48. The number of esters is 1. The van der Waals surface area contributed by atoms with Crippen molar-refractivity contribution in [1.82, 2.24) is 4.98 Å². The topological polar surface area (TPSA) is 59.5 Å². The van der Waals surface area contributed by atoms with Crippen molar-refractivity contribution in [3.05, 3.63) is 60.0 Å². The number of hydrogen-bond donors (Lipinski definition) is 0. The van der Waals surface area contributed by atoms with Crippen molar-refractivity contribution >= 4 is 17.7 Å². The van der Waals surface area contributed by atoms with Crippen LogP contribution in [0.2, 0.25) is 0 Å². The summed E-state index contributed by atoms with van der Waals surface area (Å²) in [6.45, 7) is 0.125. The molecule has 0 aliphatic rings. The van der Waals surface area contributed by atoms with Crippen LogP contribution in [0.4, 0.5) is 10.2 Å². The summed E-state index contributed by atoms with van der Waals surface area (Å²) in [7, 11) is 1.29. The molecule has 0 N–H and O–H groups in total. The Morgan fingerprint density at radius 3 is 2.50 bits per heavy atom. The summed E-state index contributed by atoms with van der Waals surface area (Å²) in [5.41, 5.74) is 0.317. The number of carbonyl (C=O) groups is 2. The Morgan fingerprint density at radius 2 is 1.91 bits per heavy atom. The lowest BCUT2D eigenvalue weighted by molar-refractivity contribution is -0.140. The average Bonchev–Trinajstić information content (AvgIpc) is 2.56. The first-order chi connectivity index (χ1) is 10.6. The summed E-state index contributed by atoms with van der Waals surface area (Å²) in [5, 5.41) is 0. The van der Waals surface area contributed by atoms with Gasteiger partial charge < -0.3 is 4.74 Å². The predicted octanol–water partition coefficient (Wildman–Crippen LogP) is 2.43. The van der Waals surface area contributed by atoms with Gasteiger partial charge >= 0.3 is 5.97 Å². The third-order valence-electron chi connectivity index (χ3n) is 3.03. The highest BCUT2D eigenvalue weighted by atomic mass is 19.1. The predicted molar refractivity (Wildman–Crippen MR) is 78.9 cm³/mol. The third-order valence-corrected chi connectivity index (χ3v) is 3.03. The number of aromatic nitrogens is 1. The minimum Gasteiger partial charge on any atom is -0.469 e. The van der Waals surface area contributed by atoms with Crippen LogP contribution in [-0.4, -0.2) is 30.5 Å². The van der Waals surface area contributed by atoms with E-state index in [0.29, 0.717) is 11.4 Å². The van der Waals surface area contributed by atoms with Gasteiger partial charge in [-0.15, -0.1) is 0 Å². The van der Waals surface area contributed by atoms with Crippen LogP contribution in [0.3, 0.4) is 0 Å². The maximum atomic E-state index is 13.0. The number of ether oxygens (including phenoxy) is 1. The number of nitrogens with zero attached hydrogens (tertiary/aromatic N) is 2. The number of pyridine rings is 1. The van der Waals surface area contributed by atoms with Crippen molar-refractivity contribution in [2.24, 2.45) is 0 Å². The molecule has 1 amide bonds. The highest BCUT2D eigenvalue weighted by molar-refractivity contribution is 6.05. The summed E-state index contributed by atoms with van der Waals surface area (Å²) < 4.78 is 17.6. The Morgan fingerprint density at radius 1 is 1.18 bits per heavy atom. The fourth-order valence-corrected chi connectivity index (χ4v) is 1.89. The summed E-state index contributed by atoms with van der Waals surface area (Å²) in [6, 6.07) is 10.3. The maximum absolute atomic E-state index is 13.0. The van der Waals surface area contributed by atoms with Crippen molar-refractivity contribution in [1.29, 1.82) is 0 Å². The van der Waals surface area contributed by atoms with Crippen LogP contribution in [0.1, 0.15) is 16.8 Å². The molecule has 6 heteroatoms. The Balaban J connectivity index is 2.25. The van der Waals surface area contributed by atoms with Gasteiger partial charge in [0.15, 0.2) is 0 Å². The van der Waals surface area contributed by atoms with Gasteiger partial charge in [0, 0.05) is 18.3 Å². The molecule has 0 radical (unpaired) electrons. The SMILES string of the molecule is COC(=O)CCN(C(=O)c1ccc(F)cc1)c1ccccn1. The summed E-state index contributed by atoms with van der Waals surface area (Å²) >= 11 is 0. The largest absolute Gasteiger partial charge is 0.469 e. The first-order valence-electron chi connectivity index (χ1n) is 6.67. The van der Waals surface area contributed by atoms with Gasteiger partial charge in [-0.3, -0.25) is 14.5 Å². The quantitative estimate of drug-likeness (QED) is 0.796. The van der Waals surface area contributed by atoms with Crippen LogP contribution in [0.25, 0.3) is 0 Å². The molecule has 2 rings (SSSR count). The standard InChI is InChI=1S/C16H15FN2O3/c1-22-15(20)9-11-19(14-4-2-3-10-18-14)16(21)12-5-7-13(17)8-6-12/h2-8,10H,9,11H2,1H3. The maximum Gasteiger partial charge on any atom is 0.307 e. The van der Waals surface area contributed by atoms with Gasteiger partial charge in [0.25, 0.3) is 5.91 Å². The molecule has 0 spiro atoms. The lowest BCUT2D eigenvalue weighted by atomic mass is 10.2. The zero-order valence-electron chi connectivity index (χ0n) is 12.0. The molecule has 114 valence electrons. The molecule has 0 atom stereocenters. The molecule has 5 nitrogen and oxygen atoms in total. The van der Waals surface area contributed by atoms with Crippen LogP contribution in [0, 0.1) is 5.82 Å². The zero-order valence-corrected chi connectivity index (χ0v) is 12.0. The van der Waals surface area contributed by atoms with Crippen molar-refractivity contribution < 1.29 is 18.7 Å². The molecule has 1 heterocycles. The van der Waals surface area contributed by atoms with E-state index in [1.54, 1.807) is 24.4 Å². The van der Waals surface area contributed by atoms with Gasteiger partial charge in [-0.1, -0.05) is 6.07 Å². The molecule has 0 fully saturated rings. The van der Waals surface area contributed by atoms with Gasteiger partial charge in [0.2, 0.25) is 0 Å². The van der Waals surface area contributed by atoms with Crippen LogP contribution >= 0.6 is 0 Å². The Bertz CT molecular complexity index is 644. The molecule has 22 heavy (non-hydrogen) atoms. The number of amides is 1. The van der Waals surface area contributed by atoms with Gasteiger partial charge in [0.05, 0.1) is 13.5 Å². The number of hydrogen-bond acceptors (Lipinski definition) is 4. The van der Waals surface area contributed by atoms with E-state index in [0.717, 1.165) is 0 Å². The molecule has 0 bridgehead atoms. The Hall–Kier alpha value is -2.76. The molecule has 0 unspecified atom stereocenters. The van der Waals surface area contributed by atoms with Crippen molar-refractivity contribution in [3.8, 4) is 0 Å². The monoisotopic (exact) mass is 302 g/mol. The van der Waals surface area contributed by atoms with Gasteiger partial charge in [0.1, 0.15) is 11.6 Å². The number of anilines is 1. The highest BCUT2D eigenvalue weighted by Gasteiger charge is 2.19. The van der Waals surface area contributed by atoms with E-state index in [4.69, 9.17) is 0 Å². The second-order valence-corrected chi connectivity index (χ2v) is 4.48. The minimum atomic E-state index is -0.423. The van der Waals surface area contributed by atoms with Crippen LogP contribution < -0.4 is 4.90 Å². The third kappa shape index (κ3) is 3.88. The fraction of sp³-hybridized carbons (Fsp3) is 0.188. The molecule has 2 aromatic rings. The highest BCUT2D eigenvalue weighted by Crippen LogP contribution is 2.15.